The summed E-state index contributed by atoms with van der Waals surface area (Å²) < 4.78 is 6.11. The molecule has 5 heteroatoms. The molecule has 1 aromatic carbocycles. The number of aryl methyl sites for hydroxylation is 2. The Bertz CT molecular complexity index is 605. The lowest BCUT2D eigenvalue weighted by molar-refractivity contribution is 0.102. The third-order valence-electron chi connectivity index (χ3n) is 2.52. The molecular weight excluding hydrogens is 296 g/mol. The van der Waals surface area contributed by atoms with Gasteiger partial charge in [-0.2, -0.15) is 0 Å². The highest BCUT2D eigenvalue weighted by Gasteiger charge is 2.14. The van der Waals surface area contributed by atoms with Crippen molar-refractivity contribution in [3.05, 3.63) is 45.8 Å². The molecule has 2 rings (SSSR count). The van der Waals surface area contributed by atoms with E-state index in [0.717, 1.165) is 4.47 Å². The van der Waals surface area contributed by atoms with Crippen LogP contribution in [0.3, 0.4) is 0 Å². The third kappa shape index (κ3) is 2.56. The lowest BCUT2D eigenvalue weighted by Gasteiger charge is -2.07. The van der Waals surface area contributed by atoms with E-state index in [2.05, 4.69) is 21.2 Å². The number of anilines is 2. The van der Waals surface area contributed by atoms with Crippen molar-refractivity contribution in [2.24, 2.45) is 0 Å². The molecule has 0 aliphatic rings. The minimum absolute atomic E-state index is 0.212. The molecular formula is C13H13BrN2O2. The van der Waals surface area contributed by atoms with Crippen LogP contribution in [0.15, 0.2) is 33.2 Å². The summed E-state index contributed by atoms with van der Waals surface area (Å²) in [5.41, 5.74) is 7.44. The molecule has 0 fully saturated rings. The molecule has 0 bridgehead atoms. The van der Waals surface area contributed by atoms with Crippen LogP contribution in [-0.2, 0) is 0 Å². The molecule has 0 aliphatic carbocycles. The molecule has 0 spiro atoms. The number of nitrogens with two attached hydrogens (primary N) is 1. The first-order chi connectivity index (χ1) is 8.47. The van der Waals surface area contributed by atoms with Gasteiger partial charge in [0.25, 0.3) is 5.91 Å². The number of nitrogens with one attached hydrogen (secondary N) is 1. The van der Waals surface area contributed by atoms with Gasteiger partial charge in [-0.05, 0) is 54.0 Å². The van der Waals surface area contributed by atoms with Crippen LogP contribution in [0, 0.1) is 13.8 Å². The first-order valence-electron chi connectivity index (χ1n) is 5.41. The van der Waals surface area contributed by atoms with Gasteiger partial charge >= 0.3 is 0 Å². The van der Waals surface area contributed by atoms with E-state index in [9.17, 15) is 4.79 Å². The first-order valence-corrected chi connectivity index (χ1v) is 6.20. The molecule has 3 N–H and O–H groups in total. The lowest BCUT2D eigenvalue weighted by atomic mass is 10.2. The summed E-state index contributed by atoms with van der Waals surface area (Å²) in [6, 6.07) is 6.96. The van der Waals surface area contributed by atoms with Gasteiger partial charge in [0.05, 0.1) is 11.3 Å². The molecule has 18 heavy (non-hydrogen) atoms. The van der Waals surface area contributed by atoms with Crippen molar-refractivity contribution in [2.45, 2.75) is 13.8 Å². The summed E-state index contributed by atoms with van der Waals surface area (Å²) in [4.78, 5) is 12.1. The van der Waals surface area contributed by atoms with Crippen LogP contribution in [-0.4, -0.2) is 5.91 Å². The average Bonchev–Trinajstić information content (AvgIpc) is 2.63. The van der Waals surface area contributed by atoms with Crippen molar-refractivity contribution >= 4 is 33.2 Å². The summed E-state index contributed by atoms with van der Waals surface area (Å²) in [6.07, 6.45) is 0. The maximum absolute atomic E-state index is 12.1. The van der Waals surface area contributed by atoms with Crippen LogP contribution in [0.1, 0.15) is 21.9 Å². The third-order valence-corrected chi connectivity index (χ3v) is 3.22. The molecule has 0 saturated heterocycles. The van der Waals surface area contributed by atoms with Crippen LogP contribution in [0.25, 0.3) is 0 Å². The summed E-state index contributed by atoms with van der Waals surface area (Å²) in [6.45, 7) is 3.57. The summed E-state index contributed by atoms with van der Waals surface area (Å²) in [5.74, 6) is 1.10. The maximum Gasteiger partial charge on any atom is 0.259 e. The smallest absolute Gasteiger partial charge is 0.259 e. The molecule has 4 nitrogen and oxygen atoms in total. The number of halogens is 1. The number of carbonyl (C=O) groups excluding carboxylic acids is 1. The monoisotopic (exact) mass is 308 g/mol. The Labute approximate surface area is 113 Å². The number of furan rings is 1. The molecule has 0 aliphatic heterocycles. The molecule has 2 aromatic rings. The van der Waals surface area contributed by atoms with E-state index in [4.69, 9.17) is 10.2 Å². The van der Waals surface area contributed by atoms with Gasteiger partial charge in [0.1, 0.15) is 11.5 Å². The Morgan fingerprint density at radius 1 is 1.33 bits per heavy atom. The number of carbonyl (C=O) groups is 1. The Kier molecular flexibility index (Phi) is 3.43. The van der Waals surface area contributed by atoms with Gasteiger partial charge < -0.3 is 15.5 Å². The summed E-state index contributed by atoms with van der Waals surface area (Å²) >= 11 is 3.36. The van der Waals surface area contributed by atoms with Crippen LogP contribution in [0.2, 0.25) is 0 Å². The second-order valence-electron chi connectivity index (χ2n) is 4.02. The Morgan fingerprint density at radius 2 is 2.06 bits per heavy atom. The highest BCUT2D eigenvalue weighted by atomic mass is 79.9. The SMILES string of the molecule is Cc1cc(C(=O)Nc2cc(N)ccc2Br)c(C)o1. The number of hydrogen-bond acceptors (Lipinski definition) is 3. The number of hydrogen-bond donors (Lipinski definition) is 2. The quantitative estimate of drug-likeness (QED) is 0.834. The molecule has 1 amide bonds. The van der Waals surface area contributed by atoms with E-state index in [0.29, 0.717) is 28.5 Å². The van der Waals surface area contributed by atoms with E-state index in [1.54, 1.807) is 38.1 Å². The molecule has 0 atom stereocenters. The van der Waals surface area contributed by atoms with Crippen molar-refractivity contribution in [3.63, 3.8) is 0 Å². The van der Waals surface area contributed by atoms with Crippen molar-refractivity contribution in [2.75, 3.05) is 11.1 Å². The Hall–Kier alpha value is -1.75. The number of amides is 1. The van der Waals surface area contributed by atoms with Crippen LogP contribution in [0.5, 0.6) is 0 Å². The zero-order valence-corrected chi connectivity index (χ0v) is 11.7. The minimum Gasteiger partial charge on any atom is -0.466 e. The maximum atomic E-state index is 12.1. The highest BCUT2D eigenvalue weighted by molar-refractivity contribution is 9.10. The fourth-order valence-corrected chi connectivity index (χ4v) is 2.03. The van der Waals surface area contributed by atoms with Gasteiger partial charge in [0, 0.05) is 10.2 Å². The lowest BCUT2D eigenvalue weighted by Crippen LogP contribution is -2.12. The minimum atomic E-state index is -0.212. The van der Waals surface area contributed by atoms with E-state index in [1.165, 1.54) is 0 Å². The molecule has 0 saturated carbocycles. The number of nitrogen functional groups attached to an aromatic ring is 1. The molecule has 0 radical (unpaired) electrons. The van der Waals surface area contributed by atoms with Gasteiger partial charge in [-0.25, -0.2) is 0 Å². The van der Waals surface area contributed by atoms with E-state index < -0.39 is 0 Å². The predicted octanol–water partition coefficient (Wildman–Crippen LogP) is 3.49. The second-order valence-corrected chi connectivity index (χ2v) is 4.87. The zero-order valence-electron chi connectivity index (χ0n) is 10.1. The number of rotatable bonds is 2. The highest BCUT2D eigenvalue weighted by Crippen LogP contribution is 2.25. The van der Waals surface area contributed by atoms with Gasteiger partial charge in [-0.1, -0.05) is 0 Å². The summed E-state index contributed by atoms with van der Waals surface area (Å²) in [7, 11) is 0. The van der Waals surface area contributed by atoms with E-state index >= 15 is 0 Å². The van der Waals surface area contributed by atoms with E-state index in [1.807, 2.05) is 0 Å². The average molecular weight is 309 g/mol. The molecule has 94 valence electrons. The Balaban J connectivity index is 2.26. The molecule has 0 unspecified atom stereocenters. The van der Waals surface area contributed by atoms with Gasteiger partial charge in [-0.3, -0.25) is 4.79 Å². The van der Waals surface area contributed by atoms with Crippen molar-refractivity contribution in [1.82, 2.24) is 0 Å². The first kappa shape index (κ1) is 12.7. The van der Waals surface area contributed by atoms with E-state index in [-0.39, 0.29) is 5.91 Å². The van der Waals surface area contributed by atoms with Crippen LogP contribution in [0.4, 0.5) is 11.4 Å². The fourth-order valence-electron chi connectivity index (χ4n) is 1.68. The van der Waals surface area contributed by atoms with Crippen LogP contribution < -0.4 is 11.1 Å². The topological polar surface area (TPSA) is 68.3 Å². The van der Waals surface area contributed by atoms with Crippen molar-refractivity contribution in [1.29, 1.82) is 0 Å². The van der Waals surface area contributed by atoms with Crippen LogP contribution >= 0.6 is 15.9 Å². The second kappa shape index (κ2) is 4.86. The normalized spacial score (nSPS) is 10.4. The fraction of sp³-hybridized carbons (Fsp3) is 0.154. The standard InChI is InChI=1S/C13H13BrN2O2/c1-7-5-10(8(2)18-7)13(17)16-12-6-9(15)3-4-11(12)14/h3-6H,15H2,1-2H3,(H,16,17). The van der Waals surface area contributed by atoms with Crippen molar-refractivity contribution < 1.29 is 9.21 Å². The van der Waals surface area contributed by atoms with Gasteiger partial charge in [0.2, 0.25) is 0 Å². The van der Waals surface area contributed by atoms with Gasteiger partial charge in [0.15, 0.2) is 0 Å². The van der Waals surface area contributed by atoms with Gasteiger partial charge in [-0.15, -0.1) is 0 Å². The molecule has 1 heterocycles. The number of benzene rings is 1. The van der Waals surface area contributed by atoms with Crippen molar-refractivity contribution in [3.8, 4) is 0 Å². The Morgan fingerprint density at radius 3 is 2.67 bits per heavy atom. The predicted molar refractivity (Wildman–Crippen MR) is 74.7 cm³/mol. The zero-order chi connectivity index (χ0) is 13.3. The molecule has 1 aromatic heterocycles. The summed E-state index contributed by atoms with van der Waals surface area (Å²) in [5, 5.41) is 2.80. The largest absolute Gasteiger partial charge is 0.466 e.